The Kier molecular flexibility index (Phi) is 3.35. The van der Waals surface area contributed by atoms with Crippen molar-refractivity contribution in [2.24, 2.45) is 0 Å². The Bertz CT molecular complexity index is 545. The van der Waals surface area contributed by atoms with E-state index in [0.29, 0.717) is 0 Å². The molecular weight excluding hydrogens is 224 g/mol. The van der Waals surface area contributed by atoms with Gasteiger partial charge in [0.05, 0.1) is 13.2 Å². The Labute approximate surface area is 107 Å². The highest BCUT2D eigenvalue weighted by Gasteiger charge is 2.15. The maximum absolute atomic E-state index is 8.80. The van der Waals surface area contributed by atoms with Crippen LogP contribution < -0.4 is 5.32 Å². The number of rotatable bonds is 4. The number of nitrogens with one attached hydrogen (secondary N) is 1. The monoisotopic (exact) mass is 245 g/mol. The summed E-state index contributed by atoms with van der Waals surface area (Å²) in [4.78, 5) is 3.56. The molecule has 18 heavy (non-hydrogen) atoms. The Hall–Kier alpha value is -1.32. The molecule has 1 aromatic carbocycles. The van der Waals surface area contributed by atoms with Gasteiger partial charge in [0.25, 0.3) is 0 Å². The molecule has 2 aromatic rings. The molecule has 0 saturated carbocycles. The lowest BCUT2D eigenvalue weighted by Gasteiger charge is -2.10. The van der Waals surface area contributed by atoms with Crippen molar-refractivity contribution in [2.45, 2.75) is 32.2 Å². The molecule has 1 aliphatic rings. The molecule has 0 spiro atoms. The number of hydrogen-bond donors (Lipinski definition) is 3. The average Bonchev–Trinajstić information content (AvgIpc) is 2.77. The molecule has 3 nitrogen and oxygen atoms in total. The van der Waals surface area contributed by atoms with Crippen LogP contribution in [0.15, 0.2) is 18.2 Å². The van der Waals surface area contributed by atoms with Gasteiger partial charge in [0.15, 0.2) is 0 Å². The molecule has 0 unspecified atom stereocenters. The van der Waals surface area contributed by atoms with Crippen LogP contribution in [0.1, 0.15) is 29.7 Å². The third kappa shape index (κ3) is 2.16. The zero-order valence-corrected chi connectivity index (χ0v) is 10.7. The van der Waals surface area contributed by atoms with E-state index in [1.54, 1.807) is 5.56 Å². The van der Waals surface area contributed by atoms with Gasteiger partial charge in [0.2, 0.25) is 0 Å². The van der Waals surface area contributed by atoms with Crippen LogP contribution in [0.2, 0.25) is 0 Å². The van der Waals surface area contributed by atoms with E-state index < -0.39 is 0 Å². The fourth-order valence-electron chi connectivity index (χ4n) is 2.94. The van der Waals surface area contributed by atoms with Gasteiger partial charge in [-0.15, -0.1) is 0 Å². The Morgan fingerprint density at radius 3 is 3.00 bits per heavy atom. The summed E-state index contributed by atoms with van der Waals surface area (Å²) in [6.07, 6.45) is 5.06. The van der Waals surface area contributed by atoms with Crippen LogP contribution >= 0.6 is 0 Å². The molecular formula is C15H21N2O+. The number of H-pyrrole nitrogens is 1. The number of aryl methyl sites for hydroxylation is 2. The van der Waals surface area contributed by atoms with Crippen molar-refractivity contribution < 1.29 is 10.4 Å². The summed E-state index contributed by atoms with van der Waals surface area (Å²) in [5, 5.41) is 12.4. The van der Waals surface area contributed by atoms with Crippen molar-refractivity contribution in [1.82, 2.24) is 4.98 Å². The first kappa shape index (κ1) is 11.8. The maximum atomic E-state index is 8.80. The smallest absolute Gasteiger partial charge is 0.101 e. The van der Waals surface area contributed by atoms with Gasteiger partial charge in [-0.1, -0.05) is 6.07 Å². The van der Waals surface area contributed by atoms with E-state index in [0.717, 1.165) is 13.1 Å². The summed E-state index contributed by atoms with van der Waals surface area (Å²) in [5.41, 5.74) is 5.63. The highest BCUT2D eigenvalue weighted by Crippen LogP contribution is 2.29. The second-order valence-corrected chi connectivity index (χ2v) is 5.17. The molecule has 0 bridgehead atoms. The van der Waals surface area contributed by atoms with Crippen molar-refractivity contribution in [3.8, 4) is 0 Å². The normalized spacial score (nSPS) is 14.9. The number of benzene rings is 1. The molecule has 0 amide bonds. The highest BCUT2D eigenvalue weighted by molar-refractivity contribution is 5.85. The van der Waals surface area contributed by atoms with Gasteiger partial charge in [-0.25, -0.2) is 0 Å². The van der Waals surface area contributed by atoms with Crippen molar-refractivity contribution in [1.29, 1.82) is 0 Å². The second kappa shape index (κ2) is 5.12. The first-order valence-electron chi connectivity index (χ1n) is 6.93. The molecule has 0 atom stereocenters. The predicted octanol–water partition coefficient (Wildman–Crippen LogP) is 1.10. The highest BCUT2D eigenvalue weighted by atomic mass is 16.3. The van der Waals surface area contributed by atoms with Crippen molar-refractivity contribution in [3.05, 3.63) is 35.0 Å². The van der Waals surface area contributed by atoms with Crippen LogP contribution in [0, 0.1) is 0 Å². The van der Waals surface area contributed by atoms with Gasteiger partial charge in [0.1, 0.15) is 6.54 Å². The van der Waals surface area contributed by atoms with E-state index >= 15 is 0 Å². The van der Waals surface area contributed by atoms with E-state index in [9.17, 15) is 0 Å². The summed E-state index contributed by atoms with van der Waals surface area (Å²) >= 11 is 0. The average molecular weight is 245 g/mol. The van der Waals surface area contributed by atoms with Crippen molar-refractivity contribution in [2.75, 3.05) is 13.2 Å². The number of aromatic amines is 1. The van der Waals surface area contributed by atoms with E-state index in [1.165, 1.54) is 47.8 Å². The number of quaternary nitrogens is 1. The first-order chi connectivity index (χ1) is 8.88. The SMILES string of the molecule is OCC[NH2+]Cc1ccc2[nH]c3c(c2c1)CCCC3. The standard InChI is InChI=1S/C15H20N2O/c18-8-7-16-10-11-5-6-15-13(9-11)12-3-1-2-4-14(12)17-15/h5-6,9,16-18H,1-4,7-8,10H2/p+1. The molecule has 3 heteroatoms. The molecule has 1 aromatic heterocycles. The van der Waals surface area contributed by atoms with Gasteiger partial charge in [0, 0.05) is 22.2 Å². The topological polar surface area (TPSA) is 52.6 Å². The number of hydrogen-bond acceptors (Lipinski definition) is 1. The summed E-state index contributed by atoms with van der Waals surface area (Å²) < 4.78 is 0. The lowest BCUT2D eigenvalue weighted by atomic mass is 9.95. The molecule has 4 N–H and O–H groups in total. The molecule has 0 saturated heterocycles. The number of aromatic nitrogens is 1. The van der Waals surface area contributed by atoms with Crippen LogP contribution in [0.3, 0.4) is 0 Å². The minimum absolute atomic E-state index is 0.252. The Morgan fingerprint density at radius 1 is 1.22 bits per heavy atom. The summed E-state index contributed by atoms with van der Waals surface area (Å²) in [6, 6.07) is 6.72. The lowest BCUT2D eigenvalue weighted by Crippen LogP contribution is -2.83. The van der Waals surface area contributed by atoms with Crippen molar-refractivity contribution in [3.63, 3.8) is 0 Å². The maximum Gasteiger partial charge on any atom is 0.101 e. The van der Waals surface area contributed by atoms with Crippen LogP contribution in [-0.2, 0) is 19.4 Å². The fourth-order valence-corrected chi connectivity index (χ4v) is 2.94. The van der Waals surface area contributed by atoms with Crippen LogP contribution in [0.4, 0.5) is 0 Å². The Morgan fingerprint density at radius 2 is 2.11 bits per heavy atom. The van der Waals surface area contributed by atoms with Crippen LogP contribution in [-0.4, -0.2) is 23.2 Å². The first-order valence-corrected chi connectivity index (χ1v) is 6.93. The predicted molar refractivity (Wildman–Crippen MR) is 72.5 cm³/mol. The minimum atomic E-state index is 0.252. The van der Waals surface area contributed by atoms with Gasteiger partial charge in [-0.2, -0.15) is 0 Å². The van der Waals surface area contributed by atoms with Crippen molar-refractivity contribution >= 4 is 10.9 Å². The third-order valence-electron chi connectivity index (χ3n) is 3.88. The second-order valence-electron chi connectivity index (χ2n) is 5.17. The molecule has 3 rings (SSSR count). The Balaban J connectivity index is 1.90. The number of aliphatic hydroxyl groups excluding tert-OH is 1. The molecule has 0 radical (unpaired) electrons. The fraction of sp³-hybridized carbons (Fsp3) is 0.467. The summed E-state index contributed by atoms with van der Waals surface area (Å²) in [6.45, 7) is 1.99. The number of nitrogens with two attached hydrogens (primary N) is 1. The van der Waals surface area contributed by atoms with E-state index in [1.807, 2.05) is 0 Å². The number of aliphatic hydroxyl groups is 1. The summed E-state index contributed by atoms with van der Waals surface area (Å²) in [7, 11) is 0. The van der Waals surface area contributed by atoms with Gasteiger partial charge >= 0.3 is 0 Å². The van der Waals surface area contributed by atoms with E-state index in [-0.39, 0.29) is 6.61 Å². The lowest BCUT2D eigenvalue weighted by molar-refractivity contribution is -0.671. The van der Waals surface area contributed by atoms with Crippen LogP contribution in [0.25, 0.3) is 10.9 Å². The molecule has 1 heterocycles. The molecule has 0 aliphatic heterocycles. The number of fused-ring (bicyclic) bond motifs is 3. The zero-order valence-electron chi connectivity index (χ0n) is 10.7. The quantitative estimate of drug-likeness (QED) is 0.694. The molecule has 96 valence electrons. The van der Waals surface area contributed by atoms with E-state index in [4.69, 9.17) is 5.11 Å². The largest absolute Gasteiger partial charge is 0.391 e. The van der Waals surface area contributed by atoms with Gasteiger partial charge in [-0.05, 0) is 43.4 Å². The minimum Gasteiger partial charge on any atom is -0.391 e. The van der Waals surface area contributed by atoms with Crippen LogP contribution in [0.5, 0.6) is 0 Å². The zero-order chi connectivity index (χ0) is 12.4. The third-order valence-corrected chi connectivity index (χ3v) is 3.88. The summed E-state index contributed by atoms with van der Waals surface area (Å²) in [5.74, 6) is 0. The van der Waals surface area contributed by atoms with Gasteiger partial charge < -0.3 is 15.4 Å². The van der Waals surface area contributed by atoms with Gasteiger partial charge in [-0.3, -0.25) is 0 Å². The molecule has 0 fully saturated rings. The molecule has 1 aliphatic carbocycles. The van der Waals surface area contributed by atoms with E-state index in [2.05, 4.69) is 28.5 Å².